The Labute approximate surface area is 268 Å². The van der Waals surface area contributed by atoms with Crippen molar-refractivity contribution in [3.8, 4) is 5.75 Å². The first-order valence-corrected chi connectivity index (χ1v) is 15.1. The van der Waals surface area contributed by atoms with Crippen LogP contribution in [-0.2, 0) is 30.3 Å². The highest BCUT2D eigenvalue weighted by Crippen LogP contribution is 2.46. The molecule has 1 spiro atoms. The lowest BCUT2D eigenvalue weighted by atomic mass is 9.84. The SMILES string of the molecule is COCCOCCOC(=O)OCOc1c2n(cc(C(=O)NCc3ccc(F)cc3F)c1=O)[C@@H]1CN(C2=O)[C@@H](C)CC[C@]12CC(C)=NO2. The summed E-state index contributed by atoms with van der Waals surface area (Å²) >= 11 is 0. The molecule has 0 aliphatic carbocycles. The van der Waals surface area contributed by atoms with Crippen molar-refractivity contribution in [2.75, 3.05) is 46.9 Å². The molecule has 0 unspecified atom stereocenters. The van der Waals surface area contributed by atoms with Gasteiger partial charge in [-0.15, -0.1) is 0 Å². The van der Waals surface area contributed by atoms with Crippen LogP contribution in [0.5, 0.6) is 5.75 Å². The molecule has 2 bridgehead atoms. The van der Waals surface area contributed by atoms with Gasteiger partial charge in [0.05, 0.1) is 31.6 Å². The fourth-order valence-corrected chi connectivity index (χ4v) is 5.95. The van der Waals surface area contributed by atoms with Crippen LogP contribution in [0, 0.1) is 11.6 Å². The number of halogens is 2. The van der Waals surface area contributed by atoms with Gasteiger partial charge in [-0.25, -0.2) is 13.6 Å². The summed E-state index contributed by atoms with van der Waals surface area (Å²) in [6.07, 6.45) is 1.70. The number of amides is 2. The van der Waals surface area contributed by atoms with Crippen molar-refractivity contribution in [2.24, 2.45) is 5.16 Å². The summed E-state index contributed by atoms with van der Waals surface area (Å²) in [4.78, 5) is 61.0. The molecule has 0 radical (unpaired) electrons. The molecule has 1 N–H and O–H groups in total. The molecule has 2 amide bonds. The number of hydrogen-bond acceptors (Lipinski definition) is 11. The fourth-order valence-electron chi connectivity index (χ4n) is 5.95. The van der Waals surface area contributed by atoms with E-state index in [-0.39, 0.29) is 43.6 Å². The molecule has 1 saturated heterocycles. The molecule has 3 aliphatic rings. The van der Waals surface area contributed by atoms with E-state index in [4.69, 9.17) is 28.5 Å². The topological polar surface area (TPSA) is 156 Å². The lowest BCUT2D eigenvalue weighted by Gasteiger charge is -2.42. The van der Waals surface area contributed by atoms with Crippen LogP contribution < -0.4 is 15.5 Å². The average molecular weight is 663 g/mol. The van der Waals surface area contributed by atoms with Crippen LogP contribution in [0.25, 0.3) is 0 Å². The lowest BCUT2D eigenvalue weighted by molar-refractivity contribution is -0.0658. The highest BCUT2D eigenvalue weighted by atomic mass is 19.1. The molecule has 3 aliphatic heterocycles. The van der Waals surface area contributed by atoms with Crippen molar-refractivity contribution in [1.29, 1.82) is 0 Å². The molecular formula is C31H36F2N4O10. The molecule has 47 heavy (non-hydrogen) atoms. The standard InChI is InChI=1S/C31H36F2N4O10/c1-18-13-31(47-35-18)7-6-19(2)36-16-24(31)37-15-22(28(39)34-14-20-4-5-21(32)12-23(20)33)26(38)27(25(37)29(36)40)45-17-46-30(41)44-11-10-43-9-8-42-3/h4-5,12,15,19,24H,6-11,13-14,16-17H2,1-3H3,(H,34,39)/t19-,24+,31-/m0/s1. The van der Waals surface area contributed by atoms with E-state index >= 15 is 0 Å². The van der Waals surface area contributed by atoms with E-state index in [0.717, 1.165) is 11.8 Å². The van der Waals surface area contributed by atoms with Gasteiger partial charge in [0.1, 0.15) is 23.8 Å². The van der Waals surface area contributed by atoms with E-state index in [1.807, 2.05) is 13.8 Å². The number of rotatable bonds is 12. The maximum atomic E-state index is 14.3. The maximum Gasteiger partial charge on any atom is 0.511 e. The summed E-state index contributed by atoms with van der Waals surface area (Å²) < 4.78 is 54.8. The molecular weight excluding hydrogens is 626 g/mol. The van der Waals surface area contributed by atoms with Gasteiger partial charge >= 0.3 is 6.16 Å². The fraction of sp³-hybridized carbons (Fsp3) is 0.516. The first kappa shape index (κ1) is 33.8. The van der Waals surface area contributed by atoms with E-state index in [2.05, 4.69) is 10.5 Å². The number of aromatic nitrogens is 1. The van der Waals surface area contributed by atoms with E-state index in [1.54, 1.807) is 4.90 Å². The number of nitrogens with zero attached hydrogens (tertiary/aromatic N) is 3. The van der Waals surface area contributed by atoms with Crippen LogP contribution in [0.2, 0.25) is 0 Å². The van der Waals surface area contributed by atoms with Crippen LogP contribution in [0.15, 0.2) is 34.3 Å². The molecule has 14 nitrogen and oxygen atoms in total. The number of ether oxygens (including phenoxy) is 5. The molecule has 16 heteroatoms. The van der Waals surface area contributed by atoms with Gasteiger partial charge in [-0.2, -0.15) is 0 Å². The van der Waals surface area contributed by atoms with E-state index in [9.17, 15) is 28.0 Å². The molecule has 4 heterocycles. The first-order valence-electron chi connectivity index (χ1n) is 15.1. The number of methoxy groups -OCH3 is 1. The minimum absolute atomic E-state index is 0.0141. The third-order valence-electron chi connectivity index (χ3n) is 8.38. The maximum absolute atomic E-state index is 14.3. The van der Waals surface area contributed by atoms with Crippen molar-refractivity contribution in [3.63, 3.8) is 0 Å². The third kappa shape index (κ3) is 7.22. The van der Waals surface area contributed by atoms with Gasteiger partial charge in [-0.3, -0.25) is 14.4 Å². The highest BCUT2D eigenvalue weighted by molar-refractivity contribution is 5.99. The molecule has 3 atom stereocenters. The van der Waals surface area contributed by atoms with Crippen molar-refractivity contribution < 1.29 is 51.7 Å². The van der Waals surface area contributed by atoms with E-state index < -0.39 is 64.8 Å². The average Bonchev–Trinajstić information content (AvgIpc) is 3.37. The normalized spacial score (nSPS) is 21.4. The Bertz CT molecular complexity index is 1620. The van der Waals surface area contributed by atoms with Gasteiger partial charge in [-0.05, 0) is 32.8 Å². The summed E-state index contributed by atoms with van der Waals surface area (Å²) in [7, 11) is 1.52. The van der Waals surface area contributed by atoms with Crippen LogP contribution in [0.3, 0.4) is 0 Å². The first-order chi connectivity index (χ1) is 22.5. The number of nitrogens with one attached hydrogen (secondary N) is 1. The molecule has 254 valence electrons. The Morgan fingerprint density at radius 3 is 2.66 bits per heavy atom. The zero-order chi connectivity index (χ0) is 33.7. The predicted octanol–water partition coefficient (Wildman–Crippen LogP) is 2.92. The molecule has 5 rings (SSSR count). The van der Waals surface area contributed by atoms with E-state index in [0.29, 0.717) is 38.5 Å². The summed E-state index contributed by atoms with van der Waals surface area (Å²) in [6.45, 7) is 3.37. The van der Waals surface area contributed by atoms with Crippen molar-refractivity contribution in [1.82, 2.24) is 14.8 Å². The number of fused-ring (bicyclic) bond motifs is 5. The summed E-state index contributed by atoms with van der Waals surface area (Å²) in [5.41, 5.74) is -1.70. The Hall–Kier alpha value is -4.57. The van der Waals surface area contributed by atoms with Crippen LogP contribution in [0.1, 0.15) is 65.6 Å². The number of hydrogen-bond donors (Lipinski definition) is 1. The number of carbonyl (C=O) groups excluding carboxylic acids is 3. The molecule has 1 aromatic heterocycles. The minimum atomic E-state index is -1.12. The van der Waals surface area contributed by atoms with Gasteiger partial charge in [0.15, 0.2) is 11.3 Å². The third-order valence-corrected chi connectivity index (χ3v) is 8.38. The molecule has 2 aromatic rings. The Kier molecular flexibility index (Phi) is 10.4. The summed E-state index contributed by atoms with van der Waals surface area (Å²) in [5.74, 6) is -3.62. The second kappa shape index (κ2) is 14.5. The Morgan fingerprint density at radius 2 is 1.94 bits per heavy atom. The van der Waals surface area contributed by atoms with Crippen molar-refractivity contribution >= 4 is 23.7 Å². The van der Waals surface area contributed by atoms with Crippen molar-refractivity contribution in [2.45, 2.75) is 57.3 Å². The van der Waals surface area contributed by atoms with Crippen LogP contribution in [0.4, 0.5) is 13.6 Å². The van der Waals surface area contributed by atoms with Gasteiger partial charge in [0.25, 0.3) is 11.8 Å². The van der Waals surface area contributed by atoms with Gasteiger partial charge in [0.2, 0.25) is 18.0 Å². The molecule has 1 aromatic carbocycles. The van der Waals surface area contributed by atoms with Crippen LogP contribution >= 0.6 is 0 Å². The quantitative estimate of drug-likeness (QED) is 0.204. The zero-order valence-corrected chi connectivity index (χ0v) is 26.2. The second-order valence-corrected chi connectivity index (χ2v) is 11.5. The Morgan fingerprint density at radius 1 is 1.15 bits per heavy atom. The number of pyridine rings is 1. The number of oxime groups is 1. The lowest BCUT2D eigenvalue weighted by Crippen LogP contribution is -2.52. The predicted molar refractivity (Wildman–Crippen MR) is 159 cm³/mol. The van der Waals surface area contributed by atoms with Gasteiger partial charge in [-0.1, -0.05) is 11.2 Å². The highest BCUT2D eigenvalue weighted by Gasteiger charge is 2.54. The number of carbonyl (C=O) groups is 3. The largest absolute Gasteiger partial charge is 0.511 e. The minimum Gasteiger partial charge on any atom is -0.451 e. The van der Waals surface area contributed by atoms with E-state index in [1.165, 1.54) is 23.9 Å². The van der Waals surface area contributed by atoms with Gasteiger partial charge in [0, 0.05) is 50.5 Å². The second-order valence-electron chi connectivity index (χ2n) is 11.5. The molecule has 1 fully saturated rings. The zero-order valence-electron chi connectivity index (χ0n) is 26.2. The monoisotopic (exact) mass is 662 g/mol. The van der Waals surface area contributed by atoms with Crippen molar-refractivity contribution in [3.05, 3.63) is 63.1 Å². The summed E-state index contributed by atoms with van der Waals surface area (Å²) in [6, 6.07) is 2.08. The molecule has 0 saturated carbocycles. The smallest absolute Gasteiger partial charge is 0.451 e. The summed E-state index contributed by atoms with van der Waals surface area (Å²) in [5, 5.41) is 6.66. The number of benzene rings is 1. The van der Waals surface area contributed by atoms with Crippen LogP contribution in [-0.4, -0.2) is 91.7 Å². The van der Waals surface area contributed by atoms with Gasteiger partial charge < -0.3 is 43.3 Å². The Balaban J connectivity index is 1.45.